The number of hydrogen-bond acceptors (Lipinski definition) is 8. The van der Waals surface area contributed by atoms with Crippen molar-refractivity contribution >= 4 is 12.4 Å². The fourth-order valence-corrected chi connectivity index (χ4v) is 3.03. The zero-order valence-electron chi connectivity index (χ0n) is 18.6. The number of aryl methyl sites for hydroxylation is 1. The average Bonchev–Trinajstić information content (AvgIpc) is 2.80. The number of pyridine rings is 1. The lowest BCUT2D eigenvalue weighted by atomic mass is 10.0. The van der Waals surface area contributed by atoms with E-state index in [1.54, 1.807) is 19.2 Å². The van der Waals surface area contributed by atoms with E-state index in [1.165, 1.54) is 33.5 Å². The van der Waals surface area contributed by atoms with Gasteiger partial charge in [0, 0.05) is 6.20 Å². The standard InChI is InChI=1S/C23H29NO7/c1-6-7-8-16-9-10-20(24-13-16)23(2,31-15-25)14-30-22(26)17-11-18(27-3)21(29-5)19(12-17)28-4/h9-13,15H,6-8,14H2,1-5H3. The molecule has 1 aromatic carbocycles. The molecule has 0 aliphatic carbocycles. The molecule has 0 aliphatic rings. The minimum Gasteiger partial charge on any atom is -0.493 e. The summed E-state index contributed by atoms with van der Waals surface area (Å²) < 4.78 is 26.5. The molecule has 0 radical (unpaired) electrons. The molecule has 1 atom stereocenters. The molecule has 0 spiro atoms. The van der Waals surface area contributed by atoms with Crippen molar-refractivity contribution in [1.29, 1.82) is 0 Å². The van der Waals surface area contributed by atoms with E-state index >= 15 is 0 Å². The van der Waals surface area contributed by atoms with Gasteiger partial charge in [-0.1, -0.05) is 19.4 Å². The summed E-state index contributed by atoms with van der Waals surface area (Å²) in [6, 6.07) is 6.69. The summed E-state index contributed by atoms with van der Waals surface area (Å²) in [5.74, 6) is 0.373. The summed E-state index contributed by atoms with van der Waals surface area (Å²) in [6.07, 6.45) is 4.82. The lowest BCUT2D eigenvalue weighted by Crippen LogP contribution is -2.33. The molecule has 0 fully saturated rings. The molecule has 0 N–H and O–H groups in total. The highest BCUT2D eigenvalue weighted by Crippen LogP contribution is 2.38. The molecule has 31 heavy (non-hydrogen) atoms. The van der Waals surface area contributed by atoms with Crippen molar-refractivity contribution in [2.45, 2.75) is 38.7 Å². The van der Waals surface area contributed by atoms with Crippen LogP contribution in [-0.2, 0) is 26.3 Å². The molecule has 2 rings (SSSR count). The minimum absolute atomic E-state index is 0.200. The van der Waals surface area contributed by atoms with Crippen molar-refractivity contribution in [3.8, 4) is 17.2 Å². The molecule has 0 amide bonds. The van der Waals surface area contributed by atoms with Crippen molar-refractivity contribution in [3.05, 3.63) is 47.3 Å². The van der Waals surface area contributed by atoms with E-state index in [-0.39, 0.29) is 12.2 Å². The number of ether oxygens (including phenoxy) is 5. The largest absolute Gasteiger partial charge is 0.493 e. The predicted molar refractivity (Wildman–Crippen MR) is 114 cm³/mol. The molecule has 168 valence electrons. The van der Waals surface area contributed by atoms with Gasteiger partial charge in [0.2, 0.25) is 5.75 Å². The fraction of sp³-hybridized carbons (Fsp3) is 0.435. The number of rotatable bonds is 12. The number of carbonyl (C=O) groups is 2. The first kappa shape index (κ1) is 24.0. The average molecular weight is 431 g/mol. The molecular weight excluding hydrogens is 402 g/mol. The number of aromatic nitrogens is 1. The molecule has 0 saturated heterocycles. The van der Waals surface area contributed by atoms with E-state index < -0.39 is 11.6 Å². The number of unbranched alkanes of at least 4 members (excludes halogenated alkanes) is 1. The monoisotopic (exact) mass is 431 g/mol. The van der Waals surface area contributed by atoms with Gasteiger partial charge >= 0.3 is 5.97 Å². The van der Waals surface area contributed by atoms with Crippen LogP contribution in [0.3, 0.4) is 0 Å². The Bertz CT molecular complexity index is 857. The van der Waals surface area contributed by atoms with Gasteiger partial charge in [0.15, 0.2) is 17.1 Å². The Hall–Kier alpha value is -3.29. The van der Waals surface area contributed by atoms with Gasteiger partial charge in [-0.05, 0) is 43.5 Å². The lowest BCUT2D eigenvalue weighted by Gasteiger charge is -2.26. The third-order valence-corrected chi connectivity index (χ3v) is 4.87. The summed E-state index contributed by atoms with van der Waals surface area (Å²) in [5.41, 5.74) is 0.540. The topological polar surface area (TPSA) is 93.2 Å². The highest BCUT2D eigenvalue weighted by Gasteiger charge is 2.32. The van der Waals surface area contributed by atoms with Crippen molar-refractivity contribution < 1.29 is 33.3 Å². The molecule has 0 bridgehead atoms. The van der Waals surface area contributed by atoms with Gasteiger partial charge in [-0.25, -0.2) is 4.79 Å². The van der Waals surface area contributed by atoms with Crippen LogP contribution in [0.1, 0.15) is 48.3 Å². The highest BCUT2D eigenvalue weighted by atomic mass is 16.6. The van der Waals surface area contributed by atoms with Crippen LogP contribution in [0.15, 0.2) is 30.5 Å². The lowest BCUT2D eigenvalue weighted by molar-refractivity contribution is -0.148. The second kappa shape index (κ2) is 11.2. The Labute approximate surface area is 182 Å². The Kier molecular flexibility index (Phi) is 8.66. The Morgan fingerprint density at radius 3 is 2.26 bits per heavy atom. The molecule has 2 aromatic rings. The van der Waals surface area contributed by atoms with Crippen LogP contribution in [0.5, 0.6) is 17.2 Å². The van der Waals surface area contributed by atoms with Gasteiger partial charge in [0.05, 0.1) is 32.6 Å². The Morgan fingerprint density at radius 1 is 1.10 bits per heavy atom. The summed E-state index contributed by atoms with van der Waals surface area (Å²) >= 11 is 0. The number of esters is 1. The van der Waals surface area contributed by atoms with Gasteiger partial charge in [-0.15, -0.1) is 0 Å². The molecule has 1 heterocycles. The number of methoxy groups -OCH3 is 3. The van der Waals surface area contributed by atoms with Crippen LogP contribution < -0.4 is 14.2 Å². The second-order valence-corrected chi connectivity index (χ2v) is 7.09. The number of carbonyl (C=O) groups excluding carboxylic acids is 2. The van der Waals surface area contributed by atoms with Crippen LogP contribution >= 0.6 is 0 Å². The van der Waals surface area contributed by atoms with Gasteiger partial charge in [-0.2, -0.15) is 0 Å². The number of nitrogens with zero attached hydrogens (tertiary/aromatic N) is 1. The third kappa shape index (κ3) is 5.87. The maximum Gasteiger partial charge on any atom is 0.338 e. The van der Waals surface area contributed by atoms with E-state index in [0.29, 0.717) is 29.4 Å². The smallest absolute Gasteiger partial charge is 0.338 e. The van der Waals surface area contributed by atoms with Gasteiger partial charge in [0.25, 0.3) is 6.47 Å². The molecule has 0 saturated carbocycles. The second-order valence-electron chi connectivity index (χ2n) is 7.09. The molecule has 1 aromatic heterocycles. The van der Waals surface area contributed by atoms with E-state index in [1.807, 2.05) is 6.07 Å². The third-order valence-electron chi connectivity index (χ3n) is 4.87. The van der Waals surface area contributed by atoms with E-state index in [2.05, 4.69) is 11.9 Å². The molecule has 8 heteroatoms. The summed E-state index contributed by atoms with van der Waals surface area (Å²) in [6.45, 7) is 3.86. The normalized spacial score (nSPS) is 12.4. The van der Waals surface area contributed by atoms with Crippen LogP contribution in [0.25, 0.3) is 0 Å². The predicted octanol–water partition coefficient (Wildman–Crippen LogP) is 3.70. The number of hydrogen-bond donors (Lipinski definition) is 0. The molecular formula is C23H29NO7. The number of benzene rings is 1. The van der Waals surface area contributed by atoms with E-state index in [0.717, 1.165) is 24.8 Å². The quantitative estimate of drug-likeness (QED) is 0.371. The Balaban J connectivity index is 2.21. The minimum atomic E-state index is -1.23. The molecule has 0 aliphatic heterocycles. The molecule has 8 nitrogen and oxygen atoms in total. The fourth-order valence-electron chi connectivity index (χ4n) is 3.03. The first-order valence-corrected chi connectivity index (χ1v) is 9.96. The van der Waals surface area contributed by atoms with E-state index in [4.69, 9.17) is 23.7 Å². The molecule has 1 unspecified atom stereocenters. The maximum absolute atomic E-state index is 12.7. The summed E-state index contributed by atoms with van der Waals surface area (Å²) in [5, 5.41) is 0. The summed E-state index contributed by atoms with van der Waals surface area (Å²) in [7, 11) is 4.38. The van der Waals surface area contributed by atoms with Crippen molar-refractivity contribution in [3.63, 3.8) is 0 Å². The van der Waals surface area contributed by atoms with Crippen LogP contribution in [0, 0.1) is 0 Å². The SMILES string of the molecule is CCCCc1ccc(C(C)(COC(=O)c2cc(OC)c(OC)c(OC)c2)OC=O)nc1. The summed E-state index contributed by atoms with van der Waals surface area (Å²) in [4.78, 5) is 28.2. The van der Waals surface area contributed by atoms with Crippen LogP contribution in [0.4, 0.5) is 0 Å². The first-order valence-electron chi connectivity index (χ1n) is 9.96. The van der Waals surface area contributed by atoms with Crippen LogP contribution in [0.2, 0.25) is 0 Å². The van der Waals surface area contributed by atoms with Crippen molar-refractivity contribution in [1.82, 2.24) is 4.98 Å². The zero-order chi connectivity index (χ0) is 22.9. The van der Waals surface area contributed by atoms with E-state index in [9.17, 15) is 9.59 Å². The van der Waals surface area contributed by atoms with Gasteiger partial charge in [0.1, 0.15) is 6.61 Å². The van der Waals surface area contributed by atoms with Gasteiger partial charge < -0.3 is 23.7 Å². The van der Waals surface area contributed by atoms with Crippen molar-refractivity contribution in [2.24, 2.45) is 0 Å². The maximum atomic E-state index is 12.7. The van der Waals surface area contributed by atoms with Gasteiger partial charge in [-0.3, -0.25) is 9.78 Å². The zero-order valence-corrected chi connectivity index (χ0v) is 18.6. The van der Waals surface area contributed by atoms with Crippen molar-refractivity contribution in [2.75, 3.05) is 27.9 Å². The first-order chi connectivity index (χ1) is 14.9. The highest BCUT2D eigenvalue weighted by molar-refractivity contribution is 5.91. The van der Waals surface area contributed by atoms with Crippen LogP contribution in [-0.4, -0.2) is 45.4 Å². The Morgan fingerprint density at radius 2 is 1.77 bits per heavy atom.